The van der Waals surface area contributed by atoms with Gasteiger partial charge in [0.1, 0.15) is 34.8 Å². The molecule has 2 N–H and O–H groups in total. The zero-order chi connectivity index (χ0) is 27.6. The van der Waals surface area contributed by atoms with Crippen LogP contribution in [0.5, 0.6) is 5.75 Å². The standard InChI is InChI=1S/C28H26F3N3O4/c1-28(2,3)38-20-9-4-16(5-10-20)12-24(25(35)32-15-17-6-7-19(30)14-22(17)31)34-26(36)21-13-18(29)8-11-23(21)33-27(34)37/h4-11,13-14,24H,12,15H2,1-3H3,(H,32,35)(H,33,37). The van der Waals surface area contributed by atoms with Gasteiger partial charge in [0.2, 0.25) is 5.91 Å². The van der Waals surface area contributed by atoms with Gasteiger partial charge in [0.05, 0.1) is 10.9 Å². The van der Waals surface area contributed by atoms with Gasteiger partial charge in [-0.05, 0) is 62.7 Å². The summed E-state index contributed by atoms with van der Waals surface area (Å²) in [6.45, 7) is 5.38. The molecule has 0 radical (unpaired) electrons. The number of H-pyrrole nitrogens is 1. The number of rotatable bonds is 7. The molecule has 1 heterocycles. The molecule has 0 spiro atoms. The minimum absolute atomic E-state index is 0.0176. The molecule has 198 valence electrons. The number of carbonyl (C=O) groups is 1. The zero-order valence-corrected chi connectivity index (χ0v) is 21.0. The summed E-state index contributed by atoms with van der Waals surface area (Å²) in [5.41, 5.74) is -1.41. The van der Waals surface area contributed by atoms with Crippen molar-refractivity contribution in [3.8, 4) is 5.75 Å². The number of hydrogen-bond acceptors (Lipinski definition) is 4. The summed E-state index contributed by atoms with van der Waals surface area (Å²) in [6, 6.07) is 11.7. The molecule has 1 atom stereocenters. The molecule has 38 heavy (non-hydrogen) atoms. The monoisotopic (exact) mass is 525 g/mol. The molecule has 0 aliphatic carbocycles. The first-order valence-electron chi connectivity index (χ1n) is 11.8. The minimum Gasteiger partial charge on any atom is -0.488 e. The smallest absolute Gasteiger partial charge is 0.329 e. The molecule has 7 nitrogen and oxygen atoms in total. The van der Waals surface area contributed by atoms with E-state index < -0.39 is 46.3 Å². The molecule has 4 rings (SSSR count). The molecule has 1 aromatic heterocycles. The van der Waals surface area contributed by atoms with Crippen molar-refractivity contribution in [2.24, 2.45) is 0 Å². The van der Waals surface area contributed by atoms with Crippen LogP contribution in [0.3, 0.4) is 0 Å². The number of hydrogen-bond donors (Lipinski definition) is 2. The lowest BCUT2D eigenvalue weighted by molar-refractivity contribution is -0.124. The zero-order valence-electron chi connectivity index (χ0n) is 21.0. The van der Waals surface area contributed by atoms with E-state index in [0.717, 1.165) is 22.8 Å². The van der Waals surface area contributed by atoms with Gasteiger partial charge in [0.25, 0.3) is 5.56 Å². The van der Waals surface area contributed by atoms with E-state index in [1.54, 1.807) is 24.3 Å². The molecule has 0 saturated carbocycles. The first-order chi connectivity index (χ1) is 17.9. The van der Waals surface area contributed by atoms with Crippen molar-refractivity contribution >= 4 is 16.8 Å². The maximum absolute atomic E-state index is 14.1. The highest BCUT2D eigenvalue weighted by Gasteiger charge is 2.26. The molecule has 0 saturated heterocycles. The van der Waals surface area contributed by atoms with E-state index in [4.69, 9.17) is 4.74 Å². The van der Waals surface area contributed by atoms with Crippen LogP contribution in [0.25, 0.3) is 10.9 Å². The molecule has 0 fully saturated rings. The Morgan fingerprint density at radius 3 is 2.29 bits per heavy atom. The van der Waals surface area contributed by atoms with E-state index in [-0.39, 0.29) is 29.4 Å². The Morgan fingerprint density at radius 2 is 1.63 bits per heavy atom. The second kappa shape index (κ2) is 10.6. The lowest BCUT2D eigenvalue weighted by Gasteiger charge is -2.22. The van der Waals surface area contributed by atoms with Crippen LogP contribution in [0.1, 0.15) is 37.9 Å². The summed E-state index contributed by atoms with van der Waals surface area (Å²) >= 11 is 0. The Balaban J connectivity index is 1.71. The summed E-state index contributed by atoms with van der Waals surface area (Å²) in [7, 11) is 0. The van der Waals surface area contributed by atoms with Crippen molar-refractivity contribution in [2.45, 2.75) is 45.4 Å². The summed E-state index contributed by atoms with van der Waals surface area (Å²) in [5.74, 6) is -2.48. The lowest BCUT2D eigenvalue weighted by atomic mass is 10.0. The first-order valence-corrected chi connectivity index (χ1v) is 11.8. The largest absolute Gasteiger partial charge is 0.488 e. The number of benzene rings is 3. The average Bonchev–Trinajstić information content (AvgIpc) is 2.83. The Bertz CT molecular complexity index is 1610. The lowest BCUT2D eigenvalue weighted by Crippen LogP contribution is -2.45. The minimum atomic E-state index is -1.36. The molecule has 0 bridgehead atoms. The highest BCUT2D eigenvalue weighted by Crippen LogP contribution is 2.21. The fourth-order valence-electron chi connectivity index (χ4n) is 4.02. The maximum atomic E-state index is 14.1. The fourth-order valence-corrected chi connectivity index (χ4v) is 4.02. The molecule has 4 aromatic rings. The topological polar surface area (TPSA) is 93.2 Å². The predicted molar refractivity (Wildman–Crippen MR) is 137 cm³/mol. The highest BCUT2D eigenvalue weighted by atomic mass is 19.1. The van der Waals surface area contributed by atoms with Crippen LogP contribution >= 0.6 is 0 Å². The highest BCUT2D eigenvalue weighted by molar-refractivity contribution is 5.82. The summed E-state index contributed by atoms with van der Waals surface area (Å²) in [6.07, 6.45) is -0.0860. The third-order valence-electron chi connectivity index (χ3n) is 5.75. The van der Waals surface area contributed by atoms with E-state index in [1.165, 1.54) is 12.1 Å². The van der Waals surface area contributed by atoms with Crippen molar-refractivity contribution in [2.75, 3.05) is 0 Å². The average molecular weight is 526 g/mol. The van der Waals surface area contributed by atoms with Crippen LogP contribution in [0.4, 0.5) is 13.2 Å². The molecule has 10 heteroatoms. The molecule has 3 aromatic carbocycles. The Morgan fingerprint density at radius 1 is 0.974 bits per heavy atom. The van der Waals surface area contributed by atoms with E-state index in [0.29, 0.717) is 17.4 Å². The van der Waals surface area contributed by atoms with Crippen molar-refractivity contribution in [3.63, 3.8) is 0 Å². The predicted octanol–water partition coefficient (Wildman–Crippen LogP) is 4.38. The van der Waals surface area contributed by atoms with E-state index in [2.05, 4.69) is 10.3 Å². The van der Waals surface area contributed by atoms with Crippen LogP contribution in [0.15, 0.2) is 70.3 Å². The van der Waals surface area contributed by atoms with E-state index in [1.807, 2.05) is 20.8 Å². The third kappa shape index (κ3) is 6.13. The summed E-state index contributed by atoms with van der Waals surface area (Å²) in [5, 5.41) is 2.41. The number of carbonyl (C=O) groups excluding carboxylic acids is 1. The number of aromatic nitrogens is 2. The number of nitrogens with zero attached hydrogens (tertiary/aromatic N) is 1. The Hall–Kier alpha value is -4.34. The number of ether oxygens (including phenoxy) is 1. The molecule has 1 unspecified atom stereocenters. The van der Waals surface area contributed by atoms with E-state index >= 15 is 0 Å². The molecular weight excluding hydrogens is 499 g/mol. The SMILES string of the molecule is CC(C)(C)Oc1ccc(CC(C(=O)NCc2ccc(F)cc2F)n2c(=O)[nH]c3ccc(F)cc3c2=O)cc1. The van der Waals surface area contributed by atoms with Gasteiger partial charge in [-0.2, -0.15) is 0 Å². The normalized spacial score (nSPS) is 12.4. The quantitative estimate of drug-likeness (QED) is 0.375. The second-order valence-corrected chi connectivity index (χ2v) is 9.83. The molecule has 1 amide bonds. The first kappa shape index (κ1) is 26.7. The van der Waals surface area contributed by atoms with Gasteiger partial charge in [-0.25, -0.2) is 22.5 Å². The van der Waals surface area contributed by atoms with Gasteiger partial charge >= 0.3 is 5.69 Å². The number of fused-ring (bicyclic) bond motifs is 1. The van der Waals surface area contributed by atoms with Gasteiger partial charge in [0, 0.05) is 24.6 Å². The fraction of sp³-hybridized carbons (Fsp3) is 0.250. The van der Waals surface area contributed by atoms with Gasteiger partial charge < -0.3 is 15.0 Å². The second-order valence-electron chi connectivity index (χ2n) is 9.83. The van der Waals surface area contributed by atoms with E-state index in [9.17, 15) is 27.6 Å². The summed E-state index contributed by atoms with van der Waals surface area (Å²) in [4.78, 5) is 42.1. The summed E-state index contributed by atoms with van der Waals surface area (Å²) < 4.78 is 47.8. The van der Waals surface area contributed by atoms with Crippen molar-refractivity contribution in [3.05, 3.63) is 110 Å². The van der Waals surface area contributed by atoms with Crippen LogP contribution in [0.2, 0.25) is 0 Å². The number of nitrogens with one attached hydrogen (secondary N) is 2. The van der Waals surface area contributed by atoms with Crippen LogP contribution in [-0.4, -0.2) is 21.1 Å². The Kier molecular flexibility index (Phi) is 7.43. The number of aromatic amines is 1. The van der Waals surface area contributed by atoms with Crippen LogP contribution in [-0.2, 0) is 17.8 Å². The van der Waals surface area contributed by atoms with Gasteiger partial charge in [-0.1, -0.05) is 18.2 Å². The number of amides is 1. The van der Waals surface area contributed by atoms with Gasteiger partial charge in [0.15, 0.2) is 0 Å². The van der Waals surface area contributed by atoms with Crippen LogP contribution in [0, 0.1) is 17.5 Å². The molecule has 0 aliphatic heterocycles. The molecular formula is C28H26F3N3O4. The van der Waals surface area contributed by atoms with Crippen molar-refractivity contribution in [1.29, 1.82) is 0 Å². The Labute approximate surface area is 215 Å². The van der Waals surface area contributed by atoms with Crippen LogP contribution < -0.4 is 21.3 Å². The maximum Gasteiger partial charge on any atom is 0.329 e. The van der Waals surface area contributed by atoms with Gasteiger partial charge in [-0.15, -0.1) is 0 Å². The number of halogens is 3. The van der Waals surface area contributed by atoms with Gasteiger partial charge in [-0.3, -0.25) is 9.59 Å². The third-order valence-corrected chi connectivity index (χ3v) is 5.75. The van der Waals surface area contributed by atoms with Crippen molar-refractivity contribution in [1.82, 2.24) is 14.9 Å². The van der Waals surface area contributed by atoms with Crippen molar-refractivity contribution < 1.29 is 22.7 Å². The molecule has 0 aliphatic rings.